The van der Waals surface area contributed by atoms with Gasteiger partial charge in [0.05, 0.1) is 0 Å². The summed E-state index contributed by atoms with van der Waals surface area (Å²) in [6.45, 7) is 3.11. The fraction of sp³-hybridized carbons (Fsp3) is 0.500. The summed E-state index contributed by atoms with van der Waals surface area (Å²) in [4.78, 5) is 0. The number of nitrogens with one attached hydrogen (secondary N) is 1. The van der Waals surface area contributed by atoms with Crippen molar-refractivity contribution in [3.05, 3.63) is 33.3 Å². The van der Waals surface area contributed by atoms with Gasteiger partial charge >= 0.3 is 0 Å². The summed E-state index contributed by atoms with van der Waals surface area (Å²) in [7, 11) is 0. The van der Waals surface area contributed by atoms with Crippen LogP contribution in [0, 0.1) is 5.92 Å². The molecule has 1 saturated carbocycles. The molecule has 82 valence electrons. The second-order valence-corrected chi connectivity index (χ2v) is 5.57. The van der Waals surface area contributed by atoms with Gasteiger partial charge in [0.25, 0.3) is 0 Å². The topological polar surface area (TPSA) is 12.0 Å². The summed E-state index contributed by atoms with van der Waals surface area (Å²) in [6, 6.07) is 6.59. The van der Waals surface area contributed by atoms with E-state index in [0.717, 1.165) is 22.0 Å². The van der Waals surface area contributed by atoms with Gasteiger partial charge in [0.2, 0.25) is 0 Å². The van der Waals surface area contributed by atoms with E-state index in [1.807, 2.05) is 12.1 Å². The molecule has 0 aromatic heterocycles. The van der Waals surface area contributed by atoms with E-state index in [-0.39, 0.29) is 0 Å². The fourth-order valence-corrected chi connectivity index (χ4v) is 2.31. The maximum Gasteiger partial charge on any atom is 0.0451 e. The first-order valence-corrected chi connectivity index (χ1v) is 6.51. The third kappa shape index (κ3) is 3.20. The predicted molar refractivity (Wildman–Crippen MR) is 68.2 cm³/mol. The zero-order valence-electron chi connectivity index (χ0n) is 8.76. The molecule has 15 heavy (non-hydrogen) atoms. The molecule has 0 bridgehead atoms. The van der Waals surface area contributed by atoms with Gasteiger partial charge in [0.1, 0.15) is 0 Å². The molecular formula is C12H15BrClN. The van der Waals surface area contributed by atoms with Gasteiger partial charge < -0.3 is 5.32 Å². The van der Waals surface area contributed by atoms with E-state index < -0.39 is 0 Å². The molecule has 2 rings (SSSR count). The first kappa shape index (κ1) is 11.4. The standard InChI is InChI=1S/C12H15BrClN/c1-8(9-2-3-9)15-7-10-6-11(13)4-5-12(10)14/h4-6,8-9,15H,2-3,7H2,1H3. The average molecular weight is 289 g/mol. The van der Waals surface area contributed by atoms with Crippen LogP contribution in [-0.2, 0) is 6.54 Å². The normalized spacial score (nSPS) is 17.8. The molecule has 1 aliphatic rings. The molecule has 1 N–H and O–H groups in total. The van der Waals surface area contributed by atoms with Crippen LogP contribution < -0.4 is 5.32 Å². The summed E-state index contributed by atoms with van der Waals surface area (Å²) in [5, 5.41) is 4.36. The van der Waals surface area contributed by atoms with Gasteiger partial charge in [-0.3, -0.25) is 0 Å². The Labute approximate surface area is 104 Å². The minimum absolute atomic E-state index is 0.611. The van der Waals surface area contributed by atoms with E-state index in [9.17, 15) is 0 Å². The molecule has 1 aromatic carbocycles. The lowest BCUT2D eigenvalue weighted by Gasteiger charge is -2.13. The molecule has 0 amide bonds. The molecule has 0 radical (unpaired) electrons. The largest absolute Gasteiger partial charge is 0.310 e. The van der Waals surface area contributed by atoms with Gasteiger partial charge in [-0.2, -0.15) is 0 Å². The average Bonchev–Trinajstić information content (AvgIpc) is 3.02. The molecule has 1 nitrogen and oxygen atoms in total. The summed E-state index contributed by atoms with van der Waals surface area (Å²) in [5.41, 5.74) is 1.17. The lowest BCUT2D eigenvalue weighted by Crippen LogP contribution is -2.27. The molecular weight excluding hydrogens is 273 g/mol. The van der Waals surface area contributed by atoms with Gasteiger partial charge in [-0.15, -0.1) is 0 Å². The van der Waals surface area contributed by atoms with Crippen LogP contribution in [-0.4, -0.2) is 6.04 Å². The minimum atomic E-state index is 0.611. The van der Waals surface area contributed by atoms with Crippen molar-refractivity contribution >= 4 is 27.5 Å². The smallest absolute Gasteiger partial charge is 0.0451 e. The van der Waals surface area contributed by atoms with Crippen LogP contribution >= 0.6 is 27.5 Å². The Morgan fingerprint density at radius 1 is 1.53 bits per heavy atom. The minimum Gasteiger partial charge on any atom is -0.310 e. The molecule has 0 spiro atoms. The molecule has 1 atom stereocenters. The maximum atomic E-state index is 6.11. The summed E-state index contributed by atoms with van der Waals surface area (Å²) in [6.07, 6.45) is 2.75. The second kappa shape index (κ2) is 4.86. The van der Waals surface area contributed by atoms with Crippen molar-refractivity contribution < 1.29 is 0 Å². The summed E-state index contributed by atoms with van der Waals surface area (Å²) in [5.74, 6) is 0.885. The highest BCUT2D eigenvalue weighted by Crippen LogP contribution is 2.32. The second-order valence-electron chi connectivity index (χ2n) is 4.24. The lowest BCUT2D eigenvalue weighted by atomic mass is 10.2. The molecule has 1 fully saturated rings. The molecule has 1 unspecified atom stereocenters. The van der Waals surface area contributed by atoms with E-state index >= 15 is 0 Å². The van der Waals surface area contributed by atoms with Crippen LogP contribution in [0.2, 0.25) is 5.02 Å². The monoisotopic (exact) mass is 287 g/mol. The fourth-order valence-electron chi connectivity index (χ4n) is 1.71. The zero-order valence-corrected chi connectivity index (χ0v) is 11.1. The van der Waals surface area contributed by atoms with E-state index in [4.69, 9.17) is 11.6 Å². The highest BCUT2D eigenvalue weighted by atomic mass is 79.9. The SMILES string of the molecule is CC(NCc1cc(Br)ccc1Cl)C1CC1. The van der Waals surface area contributed by atoms with Gasteiger partial charge in [-0.05, 0) is 49.4 Å². The highest BCUT2D eigenvalue weighted by Gasteiger charge is 2.27. The Morgan fingerprint density at radius 3 is 2.93 bits per heavy atom. The number of rotatable bonds is 4. The van der Waals surface area contributed by atoms with E-state index in [1.54, 1.807) is 0 Å². The Balaban J connectivity index is 1.94. The molecule has 1 aromatic rings. The third-order valence-electron chi connectivity index (χ3n) is 2.95. The van der Waals surface area contributed by atoms with E-state index in [1.165, 1.54) is 18.4 Å². The van der Waals surface area contributed by atoms with E-state index in [2.05, 4.69) is 34.2 Å². The third-order valence-corrected chi connectivity index (χ3v) is 3.81. The van der Waals surface area contributed by atoms with Crippen LogP contribution in [0.15, 0.2) is 22.7 Å². The van der Waals surface area contributed by atoms with Crippen LogP contribution in [0.1, 0.15) is 25.3 Å². The van der Waals surface area contributed by atoms with Gasteiger partial charge in [0, 0.05) is 22.1 Å². The zero-order chi connectivity index (χ0) is 10.8. The van der Waals surface area contributed by atoms with Crippen LogP contribution in [0.4, 0.5) is 0 Å². The first-order chi connectivity index (χ1) is 7.16. The van der Waals surface area contributed by atoms with Crippen molar-refractivity contribution in [2.45, 2.75) is 32.4 Å². The van der Waals surface area contributed by atoms with Crippen molar-refractivity contribution in [2.75, 3.05) is 0 Å². The van der Waals surface area contributed by atoms with Crippen molar-refractivity contribution in [2.24, 2.45) is 5.92 Å². The van der Waals surface area contributed by atoms with Crippen LogP contribution in [0.25, 0.3) is 0 Å². The Hall–Kier alpha value is -0.0500. The number of hydrogen-bond donors (Lipinski definition) is 1. The molecule has 0 heterocycles. The Kier molecular flexibility index (Phi) is 3.70. The van der Waals surface area contributed by atoms with Gasteiger partial charge in [-0.25, -0.2) is 0 Å². The van der Waals surface area contributed by atoms with Crippen molar-refractivity contribution in [3.63, 3.8) is 0 Å². The van der Waals surface area contributed by atoms with Crippen molar-refractivity contribution in [1.29, 1.82) is 0 Å². The molecule has 1 aliphatic carbocycles. The van der Waals surface area contributed by atoms with Gasteiger partial charge in [-0.1, -0.05) is 27.5 Å². The molecule has 0 aliphatic heterocycles. The van der Waals surface area contributed by atoms with E-state index in [0.29, 0.717) is 6.04 Å². The predicted octanol–water partition coefficient (Wildman–Crippen LogP) is 3.99. The van der Waals surface area contributed by atoms with Crippen molar-refractivity contribution in [3.8, 4) is 0 Å². The van der Waals surface area contributed by atoms with Gasteiger partial charge in [0.15, 0.2) is 0 Å². The number of hydrogen-bond acceptors (Lipinski definition) is 1. The maximum absolute atomic E-state index is 6.11. The Morgan fingerprint density at radius 2 is 2.27 bits per heavy atom. The Bertz CT molecular complexity index is 349. The van der Waals surface area contributed by atoms with Crippen molar-refractivity contribution in [1.82, 2.24) is 5.32 Å². The molecule has 0 saturated heterocycles. The van der Waals surface area contributed by atoms with Crippen LogP contribution in [0.5, 0.6) is 0 Å². The highest BCUT2D eigenvalue weighted by molar-refractivity contribution is 9.10. The lowest BCUT2D eigenvalue weighted by molar-refractivity contribution is 0.496. The quantitative estimate of drug-likeness (QED) is 0.883. The summed E-state index contributed by atoms with van der Waals surface area (Å²) >= 11 is 9.57. The first-order valence-electron chi connectivity index (χ1n) is 5.34. The number of benzene rings is 1. The molecule has 3 heteroatoms. The number of halogens is 2. The van der Waals surface area contributed by atoms with Crippen LogP contribution in [0.3, 0.4) is 0 Å². The summed E-state index contributed by atoms with van der Waals surface area (Å²) < 4.78 is 1.09.